The Morgan fingerprint density at radius 2 is 2.06 bits per heavy atom. The minimum absolute atomic E-state index is 0.242. The van der Waals surface area contributed by atoms with Crippen molar-refractivity contribution in [2.24, 2.45) is 0 Å². The molecule has 0 aliphatic heterocycles. The van der Waals surface area contributed by atoms with Gasteiger partial charge < -0.3 is 5.32 Å². The van der Waals surface area contributed by atoms with Crippen LogP contribution in [0.2, 0.25) is 5.02 Å². The Morgan fingerprint density at radius 1 is 1.29 bits per heavy atom. The van der Waals surface area contributed by atoms with Crippen LogP contribution in [0, 0.1) is 11.3 Å². The highest BCUT2D eigenvalue weighted by Gasteiger charge is 2.05. The van der Waals surface area contributed by atoms with Gasteiger partial charge in [0.25, 0.3) is 0 Å². The first-order valence-electron chi connectivity index (χ1n) is 4.64. The molecule has 0 atom stereocenters. The van der Waals surface area contributed by atoms with E-state index in [-0.39, 0.29) is 5.69 Å². The summed E-state index contributed by atoms with van der Waals surface area (Å²) in [5.41, 5.74) is 0.988. The molecule has 0 fully saturated rings. The third-order valence-electron chi connectivity index (χ3n) is 1.99. The zero-order chi connectivity index (χ0) is 12.3. The second-order valence-corrected chi connectivity index (χ2v) is 4.38. The van der Waals surface area contributed by atoms with Crippen LogP contribution in [-0.4, -0.2) is 9.97 Å². The van der Waals surface area contributed by atoms with Crippen LogP contribution in [0.4, 0.5) is 11.5 Å². The molecule has 1 heterocycles. The smallest absolute Gasteiger partial charge is 0.183 e. The Kier molecular flexibility index (Phi) is 3.57. The van der Waals surface area contributed by atoms with Crippen LogP contribution in [0.5, 0.6) is 0 Å². The van der Waals surface area contributed by atoms with E-state index in [2.05, 4.69) is 31.2 Å². The molecule has 4 nitrogen and oxygen atoms in total. The van der Waals surface area contributed by atoms with E-state index in [1.165, 1.54) is 12.4 Å². The largest absolute Gasteiger partial charge is 0.338 e. The van der Waals surface area contributed by atoms with Crippen molar-refractivity contribution in [3.05, 3.63) is 45.8 Å². The number of anilines is 2. The predicted molar refractivity (Wildman–Crippen MR) is 69.2 cm³/mol. The molecule has 1 aromatic heterocycles. The Hall–Kier alpha value is -1.64. The standard InChI is InChI=1S/C11H6BrClN4/c12-8-2-1-7(5-9(8)13)17-11-10(6-14)15-3-4-16-11/h1-5H,(H,16,17). The molecule has 84 valence electrons. The van der Waals surface area contributed by atoms with E-state index >= 15 is 0 Å². The summed E-state index contributed by atoms with van der Waals surface area (Å²) in [7, 11) is 0. The summed E-state index contributed by atoms with van der Waals surface area (Å²) < 4.78 is 0.810. The number of hydrogen-bond acceptors (Lipinski definition) is 4. The summed E-state index contributed by atoms with van der Waals surface area (Å²) >= 11 is 9.27. The van der Waals surface area contributed by atoms with Gasteiger partial charge in [0.05, 0.1) is 5.02 Å². The minimum atomic E-state index is 0.242. The second kappa shape index (κ2) is 5.13. The van der Waals surface area contributed by atoms with E-state index in [1.807, 2.05) is 18.2 Å². The van der Waals surface area contributed by atoms with Gasteiger partial charge in [0.1, 0.15) is 6.07 Å². The zero-order valence-electron chi connectivity index (χ0n) is 8.48. The Bertz CT molecular complexity index is 594. The van der Waals surface area contributed by atoms with E-state index in [0.717, 1.165) is 10.2 Å². The lowest BCUT2D eigenvalue weighted by atomic mass is 10.3. The topological polar surface area (TPSA) is 61.6 Å². The van der Waals surface area contributed by atoms with E-state index in [4.69, 9.17) is 16.9 Å². The molecular formula is C11H6BrClN4. The molecule has 1 aromatic carbocycles. The molecule has 6 heteroatoms. The normalized spacial score (nSPS) is 9.71. The van der Waals surface area contributed by atoms with Gasteiger partial charge in [0.2, 0.25) is 0 Å². The lowest BCUT2D eigenvalue weighted by Crippen LogP contribution is -1.98. The molecule has 2 aromatic rings. The van der Waals surface area contributed by atoms with Crippen molar-refractivity contribution in [1.82, 2.24) is 9.97 Å². The second-order valence-electron chi connectivity index (χ2n) is 3.12. The van der Waals surface area contributed by atoms with Gasteiger partial charge in [-0.1, -0.05) is 11.6 Å². The molecule has 1 N–H and O–H groups in total. The highest BCUT2D eigenvalue weighted by atomic mass is 79.9. The first kappa shape index (κ1) is 11.8. The van der Waals surface area contributed by atoms with Crippen LogP contribution in [0.1, 0.15) is 5.69 Å². The monoisotopic (exact) mass is 308 g/mol. The van der Waals surface area contributed by atoms with Crippen LogP contribution in [0.25, 0.3) is 0 Å². The predicted octanol–water partition coefficient (Wildman–Crippen LogP) is 3.51. The van der Waals surface area contributed by atoms with Gasteiger partial charge in [-0.15, -0.1) is 0 Å². The van der Waals surface area contributed by atoms with Crippen LogP contribution >= 0.6 is 27.5 Å². The molecular weight excluding hydrogens is 304 g/mol. The molecule has 17 heavy (non-hydrogen) atoms. The van der Waals surface area contributed by atoms with Crippen molar-refractivity contribution in [3.63, 3.8) is 0 Å². The van der Waals surface area contributed by atoms with E-state index in [9.17, 15) is 0 Å². The molecule has 0 aliphatic rings. The number of hydrogen-bond donors (Lipinski definition) is 1. The Balaban J connectivity index is 2.32. The summed E-state index contributed by atoms with van der Waals surface area (Å²) in [6, 6.07) is 7.34. The fourth-order valence-electron chi connectivity index (χ4n) is 1.22. The van der Waals surface area contributed by atoms with Crippen LogP contribution in [-0.2, 0) is 0 Å². The summed E-state index contributed by atoms with van der Waals surface area (Å²) in [4.78, 5) is 7.95. The fourth-order valence-corrected chi connectivity index (χ4v) is 1.65. The molecule has 0 bridgehead atoms. The number of nitriles is 1. The summed E-state index contributed by atoms with van der Waals surface area (Å²) in [6.45, 7) is 0. The molecule has 0 aliphatic carbocycles. The van der Waals surface area contributed by atoms with Gasteiger partial charge >= 0.3 is 0 Å². The molecule has 2 rings (SSSR count). The fraction of sp³-hybridized carbons (Fsp3) is 0. The first-order valence-corrected chi connectivity index (χ1v) is 5.81. The number of rotatable bonds is 2. The van der Waals surface area contributed by atoms with Gasteiger partial charge in [-0.25, -0.2) is 9.97 Å². The minimum Gasteiger partial charge on any atom is -0.338 e. The van der Waals surface area contributed by atoms with Crippen LogP contribution in [0.15, 0.2) is 35.1 Å². The molecule has 0 unspecified atom stereocenters. The van der Waals surface area contributed by atoms with Crippen LogP contribution < -0.4 is 5.32 Å². The lowest BCUT2D eigenvalue weighted by molar-refractivity contribution is 1.16. The number of nitrogens with one attached hydrogen (secondary N) is 1. The maximum Gasteiger partial charge on any atom is 0.183 e. The van der Waals surface area contributed by atoms with Crippen molar-refractivity contribution in [1.29, 1.82) is 5.26 Å². The van der Waals surface area contributed by atoms with Gasteiger partial charge in [-0.2, -0.15) is 5.26 Å². The number of benzene rings is 1. The van der Waals surface area contributed by atoms with Crippen LogP contribution in [0.3, 0.4) is 0 Å². The van der Waals surface area contributed by atoms with Gasteiger partial charge in [0.15, 0.2) is 11.5 Å². The van der Waals surface area contributed by atoms with E-state index in [1.54, 1.807) is 6.07 Å². The Morgan fingerprint density at radius 3 is 2.76 bits per heavy atom. The van der Waals surface area contributed by atoms with Crippen molar-refractivity contribution in [2.75, 3.05) is 5.32 Å². The number of nitrogens with zero attached hydrogens (tertiary/aromatic N) is 3. The third kappa shape index (κ3) is 2.73. The molecule has 0 saturated heterocycles. The van der Waals surface area contributed by atoms with Crippen molar-refractivity contribution in [3.8, 4) is 6.07 Å². The average Bonchev–Trinajstić information content (AvgIpc) is 2.34. The zero-order valence-corrected chi connectivity index (χ0v) is 10.8. The summed E-state index contributed by atoms with van der Waals surface area (Å²) in [6.07, 6.45) is 2.99. The number of aromatic nitrogens is 2. The summed E-state index contributed by atoms with van der Waals surface area (Å²) in [5.74, 6) is 0.411. The van der Waals surface area contributed by atoms with Crippen molar-refractivity contribution in [2.45, 2.75) is 0 Å². The highest BCUT2D eigenvalue weighted by Crippen LogP contribution is 2.27. The van der Waals surface area contributed by atoms with Crippen molar-refractivity contribution >= 4 is 39.0 Å². The maximum absolute atomic E-state index is 8.87. The average molecular weight is 310 g/mol. The molecule has 0 saturated carbocycles. The van der Waals surface area contributed by atoms with Crippen molar-refractivity contribution < 1.29 is 0 Å². The molecule has 0 spiro atoms. The Labute approximate surface area is 111 Å². The lowest BCUT2D eigenvalue weighted by Gasteiger charge is -2.07. The van der Waals surface area contributed by atoms with E-state index in [0.29, 0.717) is 10.8 Å². The maximum atomic E-state index is 8.87. The van der Waals surface area contributed by atoms with E-state index < -0.39 is 0 Å². The van der Waals surface area contributed by atoms with Gasteiger partial charge in [-0.3, -0.25) is 0 Å². The summed E-state index contributed by atoms with van der Waals surface area (Å²) in [5, 5.41) is 12.4. The van der Waals surface area contributed by atoms with Gasteiger partial charge in [-0.05, 0) is 34.1 Å². The molecule has 0 radical (unpaired) electrons. The highest BCUT2D eigenvalue weighted by molar-refractivity contribution is 9.10. The SMILES string of the molecule is N#Cc1nccnc1Nc1ccc(Br)c(Cl)c1. The third-order valence-corrected chi connectivity index (χ3v) is 3.22. The number of halogens is 2. The quantitative estimate of drug-likeness (QED) is 0.922. The molecule has 0 amide bonds. The first-order chi connectivity index (χ1) is 8.20. The van der Waals surface area contributed by atoms with Gasteiger partial charge in [0, 0.05) is 22.6 Å².